The maximum atomic E-state index is 11.2. The summed E-state index contributed by atoms with van der Waals surface area (Å²) >= 11 is -2.57. The van der Waals surface area contributed by atoms with Gasteiger partial charge in [-0.2, -0.15) is 0 Å². The van der Waals surface area contributed by atoms with Crippen molar-refractivity contribution in [2.24, 2.45) is 0 Å². The average molecular weight is 221 g/mol. The van der Waals surface area contributed by atoms with Crippen LogP contribution >= 0.6 is 0 Å². The minimum atomic E-state index is -3.86. The molecule has 0 radical (unpaired) electrons. The molecule has 7 heteroatoms. The monoisotopic (exact) mass is 221 g/mol. The van der Waals surface area contributed by atoms with E-state index < -0.39 is 21.3 Å². The fraction of sp³-hybridized carbons (Fsp3) is 0. The summed E-state index contributed by atoms with van der Waals surface area (Å²) in [5.41, 5.74) is 0. The molecular weight excluding hydrogens is 214 g/mol. The van der Waals surface area contributed by atoms with Crippen LogP contribution in [0.3, 0.4) is 0 Å². The molecule has 0 aromatic heterocycles. The summed E-state index contributed by atoms with van der Waals surface area (Å²) < 4.78 is 42.4. The zero-order valence-corrected chi connectivity index (χ0v) is 8.01. The molecule has 0 spiro atoms. The van der Waals surface area contributed by atoms with E-state index in [1.807, 2.05) is 0 Å². The zero-order valence-electron chi connectivity index (χ0n) is 6.38. The van der Waals surface area contributed by atoms with Crippen molar-refractivity contribution in [3.05, 3.63) is 30.3 Å². The number of sulfonamides is 1. The van der Waals surface area contributed by atoms with E-state index in [-0.39, 0.29) is 4.90 Å². The second-order valence-electron chi connectivity index (χ2n) is 2.15. The van der Waals surface area contributed by atoms with Crippen molar-refractivity contribution in [1.29, 1.82) is 0 Å². The van der Waals surface area contributed by atoms with Crippen molar-refractivity contribution in [3.8, 4) is 0 Å². The van der Waals surface area contributed by atoms with Crippen LogP contribution in [0.1, 0.15) is 0 Å². The molecule has 0 saturated carbocycles. The van der Waals surface area contributed by atoms with Crippen LogP contribution in [0.15, 0.2) is 35.2 Å². The molecule has 5 nitrogen and oxygen atoms in total. The Morgan fingerprint density at radius 3 is 2.23 bits per heavy atom. The summed E-state index contributed by atoms with van der Waals surface area (Å²) in [5.74, 6) is 0. The lowest BCUT2D eigenvalue weighted by atomic mass is 10.4. The highest BCUT2D eigenvalue weighted by atomic mass is 32.3. The predicted molar refractivity (Wildman–Crippen MR) is 47.5 cm³/mol. The Labute approximate surface area is 78.3 Å². The van der Waals surface area contributed by atoms with E-state index in [0.29, 0.717) is 0 Å². The van der Waals surface area contributed by atoms with Gasteiger partial charge in [0, 0.05) is 0 Å². The lowest BCUT2D eigenvalue weighted by molar-refractivity contribution is 0.553. The van der Waals surface area contributed by atoms with Crippen molar-refractivity contribution in [2.75, 3.05) is 0 Å². The van der Waals surface area contributed by atoms with Crippen molar-refractivity contribution < 1.29 is 17.2 Å². The molecule has 2 N–H and O–H groups in total. The van der Waals surface area contributed by atoms with Gasteiger partial charge in [-0.25, -0.2) is 12.6 Å². The highest BCUT2D eigenvalue weighted by Gasteiger charge is 2.14. The highest BCUT2D eigenvalue weighted by molar-refractivity contribution is 8.00. The summed E-state index contributed by atoms with van der Waals surface area (Å²) in [4.78, 5) is -0.0441. The Hall–Kier alpha value is -0.760. The van der Waals surface area contributed by atoms with Crippen molar-refractivity contribution in [3.63, 3.8) is 0 Å². The number of rotatable bonds is 3. The van der Waals surface area contributed by atoms with Crippen LogP contribution in [0, 0.1) is 0 Å². The molecule has 13 heavy (non-hydrogen) atoms. The van der Waals surface area contributed by atoms with Crippen LogP contribution in [0.2, 0.25) is 0 Å². The van der Waals surface area contributed by atoms with Crippen molar-refractivity contribution in [1.82, 2.24) is 4.13 Å². The third-order valence-corrected chi connectivity index (χ3v) is 3.58. The molecule has 0 heterocycles. The first-order valence-corrected chi connectivity index (χ1v) is 5.80. The minimum absolute atomic E-state index is 0.0441. The molecule has 72 valence electrons. The van der Waals surface area contributed by atoms with E-state index in [1.165, 1.54) is 28.4 Å². The lowest BCUT2D eigenvalue weighted by Crippen LogP contribution is -2.25. The summed E-state index contributed by atoms with van der Waals surface area (Å²) in [6.07, 6.45) is 0. The number of nitrogens with one attached hydrogen (secondary N) is 1. The van der Waals surface area contributed by atoms with Crippen molar-refractivity contribution in [2.45, 2.75) is 4.90 Å². The van der Waals surface area contributed by atoms with E-state index in [1.54, 1.807) is 6.07 Å². The fourth-order valence-corrected chi connectivity index (χ4v) is 2.39. The summed E-state index contributed by atoms with van der Waals surface area (Å²) in [7, 11) is -3.86. The smallest absolute Gasteiger partial charge is 0.253 e. The van der Waals surface area contributed by atoms with Gasteiger partial charge < -0.3 is 0 Å². The normalized spacial score (nSPS) is 13.9. The van der Waals surface area contributed by atoms with E-state index in [2.05, 4.69) is 0 Å². The zero-order chi connectivity index (χ0) is 9.90. The second-order valence-corrected chi connectivity index (χ2v) is 4.79. The van der Waals surface area contributed by atoms with E-state index in [9.17, 15) is 12.6 Å². The standard InChI is InChI=1S/C6H7NO4S2/c8-12(9)7-13(10,11)6-4-2-1-3-5-6/h1-5,7H,(H,8,9). The molecular formula is C6H7NO4S2. The topological polar surface area (TPSA) is 83.5 Å². The third kappa shape index (κ3) is 2.88. The predicted octanol–water partition coefficient (Wildman–Crippen LogP) is 0.102. The molecule has 1 aromatic rings. The Kier molecular flexibility index (Phi) is 3.15. The van der Waals surface area contributed by atoms with Gasteiger partial charge >= 0.3 is 0 Å². The quantitative estimate of drug-likeness (QED) is 0.709. The van der Waals surface area contributed by atoms with Crippen molar-refractivity contribution >= 4 is 21.3 Å². The molecule has 1 rings (SSSR count). The Morgan fingerprint density at radius 1 is 1.23 bits per heavy atom. The molecule has 0 bridgehead atoms. The Bertz CT molecular complexity index is 400. The van der Waals surface area contributed by atoms with Gasteiger partial charge in [-0.15, -0.1) is 4.13 Å². The molecule has 1 atom stereocenters. The van der Waals surface area contributed by atoms with Gasteiger partial charge in [0.1, 0.15) is 0 Å². The maximum Gasteiger partial charge on any atom is 0.253 e. The first kappa shape index (κ1) is 10.3. The van der Waals surface area contributed by atoms with Gasteiger partial charge in [0.15, 0.2) is 0 Å². The number of benzene rings is 1. The van der Waals surface area contributed by atoms with Crippen LogP contribution < -0.4 is 4.13 Å². The summed E-state index contributed by atoms with van der Waals surface area (Å²) in [5, 5.41) is 0. The molecule has 0 aliphatic rings. The van der Waals surface area contributed by atoms with Crippen LogP contribution in [-0.4, -0.2) is 17.2 Å². The molecule has 0 amide bonds. The van der Waals surface area contributed by atoms with Gasteiger partial charge in [-0.3, -0.25) is 4.55 Å². The van der Waals surface area contributed by atoms with Crippen LogP contribution in [0.25, 0.3) is 0 Å². The van der Waals surface area contributed by atoms with Gasteiger partial charge in [-0.05, 0) is 12.1 Å². The lowest BCUT2D eigenvalue weighted by Gasteiger charge is -2.01. The summed E-state index contributed by atoms with van der Waals surface area (Å²) in [6.45, 7) is 0. The Balaban J connectivity index is 3.02. The van der Waals surface area contributed by atoms with Crippen LogP contribution in [-0.2, 0) is 21.3 Å². The molecule has 0 aliphatic heterocycles. The fourth-order valence-electron chi connectivity index (χ4n) is 0.742. The molecule has 1 aromatic carbocycles. The van der Waals surface area contributed by atoms with Crippen LogP contribution in [0.5, 0.6) is 0 Å². The Morgan fingerprint density at radius 2 is 1.77 bits per heavy atom. The first-order valence-electron chi connectivity index (χ1n) is 3.21. The van der Waals surface area contributed by atoms with E-state index >= 15 is 0 Å². The largest absolute Gasteiger partial charge is 0.293 e. The molecule has 0 aliphatic carbocycles. The van der Waals surface area contributed by atoms with Gasteiger partial charge in [0.05, 0.1) is 4.90 Å². The SMILES string of the molecule is O=S(O)NS(=O)(=O)c1ccccc1. The summed E-state index contributed by atoms with van der Waals surface area (Å²) in [6, 6.07) is 7.35. The van der Waals surface area contributed by atoms with E-state index in [0.717, 1.165) is 0 Å². The average Bonchev–Trinajstić information content (AvgIpc) is 2.04. The van der Waals surface area contributed by atoms with E-state index in [4.69, 9.17) is 4.55 Å². The second kappa shape index (κ2) is 3.97. The number of hydrogen-bond donors (Lipinski definition) is 2. The van der Waals surface area contributed by atoms with Gasteiger partial charge in [-0.1, -0.05) is 18.2 Å². The molecule has 0 fully saturated rings. The minimum Gasteiger partial charge on any atom is -0.293 e. The first-order chi connectivity index (χ1) is 6.02. The van der Waals surface area contributed by atoms with Gasteiger partial charge in [0.2, 0.25) is 11.3 Å². The molecule has 0 saturated heterocycles. The molecule has 1 unspecified atom stereocenters. The maximum absolute atomic E-state index is 11.2. The third-order valence-electron chi connectivity index (χ3n) is 1.23. The number of hydrogen-bond acceptors (Lipinski definition) is 3. The van der Waals surface area contributed by atoms with Gasteiger partial charge in [0.25, 0.3) is 10.0 Å². The van der Waals surface area contributed by atoms with Crippen LogP contribution in [0.4, 0.5) is 0 Å². The highest BCUT2D eigenvalue weighted by Crippen LogP contribution is 2.06.